The third-order valence-corrected chi connectivity index (χ3v) is 8.11. The molecule has 0 radical (unpaired) electrons. The number of aliphatic imine (C=N–C) groups is 1. The van der Waals surface area contributed by atoms with Crippen LogP contribution < -0.4 is 14.4 Å². The van der Waals surface area contributed by atoms with Gasteiger partial charge in [-0.25, -0.2) is 4.99 Å². The second-order valence-corrected chi connectivity index (χ2v) is 11.7. The van der Waals surface area contributed by atoms with Gasteiger partial charge in [0.15, 0.2) is 16.7 Å². The number of nitrogens with zero attached hydrogens (tertiary/aromatic N) is 4. The van der Waals surface area contributed by atoms with Crippen LogP contribution in [-0.2, 0) is 4.79 Å². The molecule has 4 aromatic rings. The van der Waals surface area contributed by atoms with Crippen molar-refractivity contribution in [3.8, 4) is 17.2 Å². The number of nitro groups is 2. The Labute approximate surface area is 270 Å². The number of anilines is 1. The molecule has 11 nitrogen and oxygen atoms in total. The average molecular weight is 690 g/mol. The summed E-state index contributed by atoms with van der Waals surface area (Å²) >= 11 is 4.70. The molecule has 0 aliphatic carbocycles. The molecule has 1 saturated heterocycles. The Balaban J connectivity index is 1.53. The maximum Gasteiger partial charge on any atom is 0.318 e. The molecular formula is C32H25BrN4O7S. The summed E-state index contributed by atoms with van der Waals surface area (Å²) in [6, 6.07) is 21.7. The summed E-state index contributed by atoms with van der Waals surface area (Å²) in [4.78, 5) is 41.9. The van der Waals surface area contributed by atoms with Crippen LogP contribution >= 0.6 is 27.7 Å². The summed E-state index contributed by atoms with van der Waals surface area (Å²) in [5.41, 5.74) is 3.11. The summed E-state index contributed by atoms with van der Waals surface area (Å²) in [5.74, 6) is -0.0915. The van der Waals surface area contributed by atoms with Gasteiger partial charge < -0.3 is 9.47 Å². The fraction of sp³-hybridized carbons (Fsp3) is 0.125. The molecule has 45 heavy (non-hydrogen) atoms. The van der Waals surface area contributed by atoms with E-state index in [1.165, 1.54) is 11.8 Å². The van der Waals surface area contributed by atoms with E-state index in [1.807, 2.05) is 62.4 Å². The van der Waals surface area contributed by atoms with Crippen molar-refractivity contribution in [2.75, 3.05) is 11.5 Å². The number of ether oxygens (including phenoxy) is 2. The number of carbonyl (C=O) groups is 1. The van der Waals surface area contributed by atoms with Gasteiger partial charge >= 0.3 is 5.69 Å². The quantitative estimate of drug-likeness (QED) is 0.0965. The number of nitro benzene ring substituents is 2. The number of carbonyl (C=O) groups excluding carboxylic acids is 1. The van der Waals surface area contributed by atoms with Crippen molar-refractivity contribution in [2.24, 2.45) is 4.99 Å². The number of amidine groups is 1. The zero-order valence-electron chi connectivity index (χ0n) is 24.2. The molecule has 1 aliphatic rings. The smallest absolute Gasteiger partial charge is 0.318 e. The number of amides is 1. The number of halogens is 1. The lowest BCUT2D eigenvalue weighted by Crippen LogP contribution is -2.28. The molecule has 0 bridgehead atoms. The number of non-ortho nitro benzene ring substituents is 1. The van der Waals surface area contributed by atoms with E-state index in [1.54, 1.807) is 30.0 Å². The zero-order chi connectivity index (χ0) is 32.2. The minimum atomic E-state index is -0.756. The van der Waals surface area contributed by atoms with Gasteiger partial charge in [0.05, 0.1) is 43.3 Å². The van der Waals surface area contributed by atoms with E-state index in [0.717, 1.165) is 29.3 Å². The van der Waals surface area contributed by atoms with Crippen LogP contribution in [0, 0.1) is 34.1 Å². The number of hydrogen-bond acceptors (Lipinski definition) is 9. The van der Waals surface area contributed by atoms with Gasteiger partial charge in [-0.3, -0.25) is 29.9 Å². The third kappa shape index (κ3) is 7.05. The number of thioether (sulfide) groups is 1. The molecule has 0 saturated carbocycles. The van der Waals surface area contributed by atoms with Crippen molar-refractivity contribution in [3.63, 3.8) is 0 Å². The largest absolute Gasteiger partial charge is 0.490 e. The van der Waals surface area contributed by atoms with Crippen LogP contribution in [0.4, 0.5) is 22.7 Å². The fourth-order valence-electron chi connectivity index (χ4n) is 4.34. The molecule has 1 amide bonds. The third-order valence-electron chi connectivity index (χ3n) is 6.55. The van der Waals surface area contributed by atoms with Gasteiger partial charge in [-0.1, -0.05) is 35.4 Å². The van der Waals surface area contributed by atoms with Gasteiger partial charge in [0.2, 0.25) is 5.75 Å². The number of rotatable bonds is 9. The highest BCUT2D eigenvalue weighted by molar-refractivity contribution is 9.10. The van der Waals surface area contributed by atoms with Gasteiger partial charge in [-0.15, -0.1) is 0 Å². The van der Waals surface area contributed by atoms with Crippen molar-refractivity contribution in [1.29, 1.82) is 0 Å². The molecule has 13 heteroatoms. The summed E-state index contributed by atoms with van der Waals surface area (Å²) in [7, 11) is 0. The number of aryl methyl sites for hydroxylation is 2. The van der Waals surface area contributed by atoms with Gasteiger partial charge in [0.25, 0.3) is 11.6 Å². The molecule has 1 fully saturated rings. The van der Waals surface area contributed by atoms with Gasteiger partial charge in [-0.2, -0.15) is 0 Å². The number of hydrogen-bond donors (Lipinski definition) is 0. The van der Waals surface area contributed by atoms with E-state index < -0.39 is 21.2 Å². The monoisotopic (exact) mass is 688 g/mol. The van der Waals surface area contributed by atoms with Crippen molar-refractivity contribution in [3.05, 3.63) is 125 Å². The first-order valence-electron chi connectivity index (χ1n) is 13.6. The van der Waals surface area contributed by atoms with Crippen molar-refractivity contribution in [1.82, 2.24) is 0 Å². The second-order valence-electron chi connectivity index (χ2n) is 9.85. The minimum Gasteiger partial charge on any atom is -0.490 e. The predicted octanol–water partition coefficient (Wildman–Crippen LogP) is 8.88. The molecule has 4 aromatic carbocycles. The lowest BCUT2D eigenvalue weighted by atomic mass is 10.1. The molecular weight excluding hydrogens is 664 g/mol. The first kappa shape index (κ1) is 31.4. The summed E-state index contributed by atoms with van der Waals surface area (Å²) in [5, 5.41) is 23.3. The van der Waals surface area contributed by atoms with Crippen LogP contribution in [0.25, 0.3) is 6.08 Å². The molecule has 228 valence electrons. The van der Waals surface area contributed by atoms with Crippen LogP contribution in [0.15, 0.2) is 93.2 Å². The Hall–Kier alpha value is -5.01. The van der Waals surface area contributed by atoms with E-state index in [9.17, 15) is 25.0 Å². The summed E-state index contributed by atoms with van der Waals surface area (Å²) in [6.45, 7) is 5.97. The SMILES string of the molecule is CCOc1cc(/C=C2\SC(=Nc3ccc(C)cc3)N(c3ccc(C)cc3)C2=O)cc(Br)c1Oc1ccc([N+](=O)[O-])cc1[N+](=O)[O-]. The molecule has 1 heterocycles. The van der Waals surface area contributed by atoms with Crippen LogP contribution in [-0.4, -0.2) is 27.5 Å². The zero-order valence-corrected chi connectivity index (χ0v) is 26.6. The van der Waals surface area contributed by atoms with E-state index in [-0.39, 0.29) is 29.8 Å². The van der Waals surface area contributed by atoms with Crippen molar-refractivity contribution in [2.45, 2.75) is 20.8 Å². The minimum absolute atomic E-state index is 0.129. The van der Waals surface area contributed by atoms with Crippen molar-refractivity contribution >= 4 is 67.6 Å². The summed E-state index contributed by atoms with van der Waals surface area (Å²) in [6.07, 6.45) is 1.71. The Bertz CT molecular complexity index is 1880. The Kier molecular flexibility index (Phi) is 9.30. The molecule has 0 unspecified atom stereocenters. The topological polar surface area (TPSA) is 137 Å². The fourth-order valence-corrected chi connectivity index (χ4v) is 5.88. The van der Waals surface area contributed by atoms with Gasteiger partial charge in [0, 0.05) is 6.07 Å². The Morgan fingerprint density at radius 3 is 2.20 bits per heavy atom. The molecule has 0 atom stereocenters. The van der Waals surface area contributed by atoms with E-state index >= 15 is 0 Å². The predicted molar refractivity (Wildman–Crippen MR) is 178 cm³/mol. The van der Waals surface area contributed by atoms with Gasteiger partial charge in [0.1, 0.15) is 0 Å². The highest BCUT2D eigenvalue weighted by Gasteiger charge is 2.35. The van der Waals surface area contributed by atoms with Crippen molar-refractivity contribution < 1.29 is 24.1 Å². The van der Waals surface area contributed by atoms with Crippen LogP contribution in [0.5, 0.6) is 17.2 Å². The standard InChI is InChI=1S/C32H25BrN4O7S/c1-4-43-28-16-21(15-25(33)30(28)44-27-14-13-24(36(39)40)18-26(27)37(41)42)17-29-31(38)35(23-11-7-20(3)8-12-23)32(45-29)34-22-9-5-19(2)6-10-22/h5-18H,4H2,1-3H3/b29-17-,34-32?. The Morgan fingerprint density at radius 1 is 0.911 bits per heavy atom. The maximum absolute atomic E-state index is 13.8. The van der Waals surface area contributed by atoms with Crippen LogP contribution in [0.1, 0.15) is 23.6 Å². The molecule has 0 N–H and O–H groups in total. The average Bonchev–Trinajstić information content (AvgIpc) is 3.30. The van der Waals surface area contributed by atoms with Crippen LogP contribution in [0.3, 0.4) is 0 Å². The lowest BCUT2D eigenvalue weighted by molar-refractivity contribution is -0.394. The lowest BCUT2D eigenvalue weighted by Gasteiger charge is -2.16. The highest BCUT2D eigenvalue weighted by Crippen LogP contribution is 2.44. The first-order chi connectivity index (χ1) is 21.5. The number of benzene rings is 4. The molecule has 1 aliphatic heterocycles. The van der Waals surface area contributed by atoms with Gasteiger partial charge in [-0.05, 0) is 103 Å². The van der Waals surface area contributed by atoms with E-state index in [2.05, 4.69) is 15.9 Å². The first-order valence-corrected chi connectivity index (χ1v) is 15.2. The normalized spacial score (nSPS) is 14.7. The highest BCUT2D eigenvalue weighted by atomic mass is 79.9. The molecule has 0 spiro atoms. The maximum atomic E-state index is 13.8. The molecule has 0 aromatic heterocycles. The second kappa shape index (κ2) is 13.3. The Morgan fingerprint density at radius 2 is 1.58 bits per heavy atom. The van der Waals surface area contributed by atoms with Crippen LogP contribution in [0.2, 0.25) is 0 Å². The van der Waals surface area contributed by atoms with E-state index in [0.29, 0.717) is 31.5 Å². The van der Waals surface area contributed by atoms with E-state index in [4.69, 9.17) is 14.5 Å². The molecule has 5 rings (SSSR count). The summed E-state index contributed by atoms with van der Waals surface area (Å²) < 4.78 is 12.1.